The number of hydrogen-bond donors (Lipinski definition) is 0. The molecule has 5 nitrogen and oxygen atoms in total. The van der Waals surface area contributed by atoms with E-state index in [1.54, 1.807) is 0 Å². The number of thiazole rings is 1. The molecule has 0 radical (unpaired) electrons. The lowest BCUT2D eigenvalue weighted by Crippen LogP contribution is -2.50. The molecule has 0 aliphatic carbocycles. The summed E-state index contributed by atoms with van der Waals surface area (Å²) in [6, 6.07) is 0.201. The first kappa shape index (κ1) is 18.5. The van der Waals surface area contributed by atoms with Crippen LogP contribution in [0.2, 0.25) is 4.47 Å². The maximum Gasteiger partial charge on any atom is 0.410 e. The first-order valence-corrected chi connectivity index (χ1v) is 9.22. The average molecular weight is 360 g/mol. The van der Waals surface area contributed by atoms with E-state index in [4.69, 9.17) is 16.3 Å². The predicted molar refractivity (Wildman–Crippen MR) is 94.0 cm³/mol. The van der Waals surface area contributed by atoms with Gasteiger partial charge in [0.1, 0.15) is 5.60 Å². The van der Waals surface area contributed by atoms with Crippen LogP contribution in [0.3, 0.4) is 0 Å². The topological polar surface area (TPSA) is 45.7 Å². The third-order valence-electron chi connectivity index (χ3n) is 3.73. The Bertz CT molecular complexity index is 530. The van der Waals surface area contributed by atoms with Crippen LogP contribution >= 0.6 is 22.9 Å². The molecule has 130 valence electrons. The van der Waals surface area contributed by atoms with E-state index < -0.39 is 5.60 Å². The molecule has 1 amide bonds. The molecule has 0 aromatic carbocycles. The molecule has 0 unspecified atom stereocenters. The molecule has 2 rings (SSSR count). The monoisotopic (exact) mass is 359 g/mol. The zero-order chi connectivity index (χ0) is 17.0. The van der Waals surface area contributed by atoms with Crippen molar-refractivity contribution < 1.29 is 9.53 Å². The number of likely N-dealkylation sites (tertiary alicyclic amines) is 1. The minimum atomic E-state index is -0.454. The zero-order valence-corrected chi connectivity index (χ0v) is 15.9. The van der Waals surface area contributed by atoms with Crippen molar-refractivity contribution in [3.05, 3.63) is 15.5 Å². The molecule has 0 N–H and O–H groups in total. The number of carbonyl (C=O) groups excluding carboxylic acids is 1. The molecule has 0 bridgehead atoms. The van der Waals surface area contributed by atoms with Crippen LogP contribution in [0.1, 0.15) is 44.9 Å². The van der Waals surface area contributed by atoms with Gasteiger partial charge in [0, 0.05) is 36.8 Å². The number of hydrogen-bond acceptors (Lipinski definition) is 5. The van der Waals surface area contributed by atoms with Gasteiger partial charge in [-0.3, -0.25) is 4.90 Å². The minimum Gasteiger partial charge on any atom is -0.444 e. The normalized spacial score (nSPS) is 19.2. The van der Waals surface area contributed by atoms with E-state index in [1.807, 2.05) is 31.9 Å². The Morgan fingerprint density at radius 1 is 1.52 bits per heavy atom. The van der Waals surface area contributed by atoms with Gasteiger partial charge in [0.05, 0.1) is 0 Å². The Labute approximate surface area is 147 Å². The van der Waals surface area contributed by atoms with Gasteiger partial charge in [0.15, 0.2) is 4.47 Å². The molecular formula is C16H26ClN3O2S. The summed E-state index contributed by atoms with van der Waals surface area (Å²) in [7, 11) is 2.06. The number of amides is 1. The van der Waals surface area contributed by atoms with Crippen molar-refractivity contribution in [3.63, 3.8) is 0 Å². The van der Waals surface area contributed by atoms with Crippen molar-refractivity contribution in [1.29, 1.82) is 0 Å². The van der Waals surface area contributed by atoms with Gasteiger partial charge in [0.25, 0.3) is 0 Å². The largest absolute Gasteiger partial charge is 0.444 e. The fourth-order valence-electron chi connectivity index (χ4n) is 2.80. The Kier molecular flexibility index (Phi) is 6.28. The van der Waals surface area contributed by atoms with Gasteiger partial charge in [-0.05, 0) is 47.1 Å². The van der Waals surface area contributed by atoms with Crippen LogP contribution < -0.4 is 0 Å². The summed E-state index contributed by atoms with van der Waals surface area (Å²) in [6.45, 7) is 8.12. The van der Waals surface area contributed by atoms with Crippen LogP contribution in [0.15, 0.2) is 6.20 Å². The third kappa shape index (κ3) is 5.94. The molecule has 1 aliphatic rings. The lowest BCUT2D eigenvalue weighted by atomic mass is 10.0. The van der Waals surface area contributed by atoms with E-state index in [1.165, 1.54) is 11.3 Å². The fraction of sp³-hybridized carbons (Fsp3) is 0.750. The summed E-state index contributed by atoms with van der Waals surface area (Å²) in [6.07, 6.45) is 4.84. The number of halogens is 1. The molecule has 7 heteroatoms. The maximum absolute atomic E-state index is 12.4. The second-order valence-electron chi connectivity index (χ2n) is 7.10. The summed E-state index contributed by atoms with van der Waals surface area (Å²) >= 11 is 7.38. The van der Waals surface area contributed by atoms with Gasteiger partial charge in [0.2, 0.25) is 0 Å². The number of aromatic nitrogens is 1. The van der Waals surface area contributed by atoms with E-state index in [0.29, 0.717) is 4.47 Å². The van der Waals surface area contributed by atoms with Gasteiger partial charge in [-0.25, -0.2) is 9.78 Å². The Hall–Kier alpha value is -0.850. The maximum atomic E-state index is 12.4. The van der Waals surface area contributed by atoms with E-state index >= 15 is 0 Å². The second kappa shape index (κ2) is 7.81. The van der Waals surface area contributed by atoms with Crippen LogP contribution in [0, 0.1) is 0 Å². The number of piperidine rings is 1. The van der Waals surface area contributed by atoms with E-state index in [9.17, 15) is 4.79 Å². The van der Waals surface area contributed by atoms with E-state index in [-0.39, 0.29) is 12.1 Å². The van der Waals surface area contributed by atoms with Gasteiger partial charge in [-0.15, -0.1) is 11.3 Å². The van der Waals surface area contributed by atoms with Crippen LogP contribution in [0.5, 0.6) is 0 Å². The van der Waals surface area contributed by atoms with Crippen molar-refractivity contribution in [2.24, 2.45) is 0 Å². The Morgan fingerprint density at radius 3 is 2.87 bits per heavy atom. The summed E-state index contributed by atoms with van der Waals surface area (Å²) in [4.78, 5) is 21.7. The molecule has 0 saturated carbocycles. The molecule has 1 aromatic heterocycles. The van der Waals surface area contributed by atoms with Gasteiger partial charge in [-0.1, -0.05) is 11.6 Å². The standard InChI is InChI=1S/C16H26ClN3O2S/c1-16(2,3)22-15(21)20-8-6-5-7-12(20)10-19(4)11-13-9-18-14(17)23-13/h9,12H,5-8,10-11H2,1-4H3/t12-/m1/s1. The SMILES string of the molecule is CN(Cc1cnc(Cl)s1)C[C@H]1CCCCN1C(=O)OC(C)(C)C. The highest BCUT2D eigenvalue weighted by molar-refractivity contribution is 7.15. The van der Waals surface area contributed by atoms with Crippen LogP contribution in [-0.2, 0) is 11.3 Å². The number of rotatable bonds is 4. The van der Waals surface area contributed by atoms with Crippen LogP contribution in [0.25, 0.3) is 0 Å². The first-order valence-electron chi connectivity index (χ1n) is 8.03. The molecule has 1 aromatic rings. The Balaban J connectivity index is 1.93. The molecule has 1 saturated heterocycles. The van der Waals surface area contributed by atoms with Gasteiger partial charge >= 0.3 is 6.09 Å². The lowest BCUT2D eigenvalue weighted by molar-refractivity contribution is 0.00589. The molecule has 2 heterocycles. The first-order chi connectivity index (χ1) is 10.7. The molecule has 1 fully saturated rings. The van der Waals surface area contributed by atoms with Crippen molar-refractivity contribution in [2.45, 2.75) is 58.2 Å². The predicted octanol–water partition coefficient (Wildman–Crippen LogP) is 4.02. The second-order valence-corrected chi connectivity index (χ2v) is 8.80. The van der Waals surface area contributed by atoms with Gasteiger partial charge < -0.3 is 9.64 Å². The van der Waals surface area contributed by atoms with Crippen molar-refractivity contribution in [3.8, 4) is 0 Å². The van der Waals surface area contributed by atoms with Crippen molar-refractivity contribution >= 4 is 29.0 Å². The number of ether oxygens (including phenoxy) is 1. The summed E-state index contributed by atoms with van der Waals surface area (Å²) < 4.78 is 6.12. The van der Waals surface area contributed by atoms with E-state index in [0.717, 1.165) is 43.8 Å². The highest BCUT2D eigenvalue weighted by atomic mass is 35.5. The van der Waals surface area contributed by atoms with Crippen LogP contribution in [0.4, 0.5) is 4.79 Å². The summed E-state index contributed by atoms with van der Waals surface area (Å²) in [5.74, 6) is 0. The quantitative estimate of drug-likeness (QED) is 0.814. The number of likely N-dealkylation sites (N-methyl/N-ethyl adjacent to an activating group) is 1. The average Bonchev–Trinajstić information content (AvgIpc) is 2.82. The lowest BCUT2D eigenvalue weighted by Gasteiger charge is -2.38. The fourth-order valence-corrected chi connectivity index (χ4v) is 3.86. The molecular weight excluding hydrogens is 334 g/mol. The minimum absolute atomic E-state index is 0.198. The highest BCUT2D eigenvalue weighted by Gasteiger charge is 2.31. The van der Waals surface area contributed by atoms with E-state index in [2.05, 4.69) is 16.9 Å². The van der Waals surface area contributed by atoms with Crippen molar-refractivity contribution in [2.75, 3.05) is 20.1 Å². The number of nitrogens with zero attached hydrogens (tertiary/aromatic N) is 3. The smallest absolute Gasteiger partial charge is 0.410 e. The highest BCUT2D eigenvalue weighted by Crippen LogP contribution is 2.23. The number of carbonyl (C=O) groups is 1. The third-order valence-corrected chi connectivity index (χ3v) is 4.83. The molecule has 23 heavy (non-hydrogen) atoms. The summed E-state index contributed by atoms with van der Waals surface area (Å²) in [5, 5.41) is 0. The Morgan fingerprint density at radius 2 is 2.26 bits per heavy atom. The molecule has 1 atom stereocenters. The molecule has 0 spiro atoms. The zero-order valence-electron chi connectivity index (χ0n) is 14.3. The molecule has 1 aliphatic heterocycles. The summed E-state index contributed by atoms with van der Waals surface area (Å²) in [5.41, 5.74) is -0.454. The van der Waals surface area contributed by atoms with Gasteiger partial charge in [-0.2, -0.15) is 0 Å². The van der Waals surface area contributed by atoms with Crippen molar-refractivity contribution in [1.82, 2.24) is 14.8 Å². The van der Waals surface area contributed by atoms with Crippen LogP contribution in [-0.4, -0.2) is 52.7 Å².